The molecule has 0 aliphatic carbocycles. The number of rotatable bonds is 5. The van der Waals surface area contributed by atoms with Crippen LogP contribution < -0.4 is 9.64 Å². The average molecular weight is 479 g/mol. The number of carbonyl (C=O) groups is 2. The van der Waals surface area contributed by atoms with Crippen molar-refractivity contribution in [3.05, 3.63) is 71.8 Å². The van der Waals surface area contributed by atoms with Gasteiger partial charge in [-0.25, -0.2) is 4.90 Å². The fraction of sp³-hybridized carbons (Fsp3) is 0.286. The first-order valence-corrected chi connectivity index (χ1v) is 11.8. The molecule has 0 radical (unpaired) electrons. The summed E-state index contributed by atoms with van der Waals surface area (Å²) >= 11 is 0. The number of aliphatic hydroxyl groups excluding tert-OH is 1. The van der Waals surface area contributed by atoms with Crippen LogP contribution in [0.3, 0.4) is 0 Å². The number of imide groups is 1. The lowest BCUT2D eigenvalue weighted by Gasteiger charge is -2.32. The van der Waals surface area contributed by atoms with E-state index >= 15 is 0 Å². The van der Waals surface area contributed by atoms with Crippen molar-refractivity contribution in [1.29, 1.82) is 10.5 Å². The van der Waals surface area contributed by atoms with E-state index in [2.05, 4.69) is 12.1 Å². The number of aliphatic hydroxyl groups is 1. The van der Waals surface area contributed by atoms with Crippen LogP contribution in [0.15, 0.2) is 60.7 Å². The predicted octanol–water partition coefficient (Wildman–Crippen LogP) is 3.06. The van der Waals surface area contributed by atoms with Gasteiger partial charge in [-0.2, -0.15) is 10.5 Å². The molecule has 3 fully saturated rings. The van der Waals surface area contributed by atoms with Gasteiger partial charge in [-0.15, -0.1) is 0 Å². The van der Waals surface area contributed by atoms with Crippen LogP contribution in [-0.4, -0.2) is 41.3 Å². The molecular weight excluding hydrogens is 458 g/mol. The van der Waals surface area contributed by atoms with Crippen LogP contribution in [-0.2, 0) is 14.3 Å². The number of amides is 2. The van der Waals surface area contributed by atoms with Gasteiger partial charge >= 0.3 is 0 Å². The zero-order chi connectivity index (χ0) is 25.0. The normalized spacial score (nSPS) is 28.2. The molecule has 5 atom stereocenters. The molecule has 3 aromatic rings. The summed E-state index contributed by atoms with van der Waals surface area (Å²) in [5, 5.41) is 30.4. The number of ether oxygens (including phenoxy) is 2. The molecule has 0 aromatic heterocycles. The summed E-state index contributed by atoms with van der Waals surface area (Å²) in [7, 11) is 0. The highest BCUT2D eigenvalue weighted by Gasteiger charge is 2.72. The Morgan fingerprint density at radius 3 is 2.47 bits per heavy atom. The van der Waals surface area contributed by atoms with Crippen LogP contribution in [0.25, 0.3) is 10.8 Å². The van der Waals surface area contributed by atoms with Gasteiger partial charge in [-0.05, 0) is 36.4 Å². The lowest BCUT2D eigenvalue weighted by Crippen LogP contribution is -2.45. The second kappa shape index (κ2) is 8.17. The fourth-order valence-electron chi connectivity index (χ4n) is 6.05. The van der Waals surface area contributed by atoms with Crippen LogP contribution >= 0.6 is 0 Å². The molecule has 0 saturated carbocycles. The molecule has 3 aliphatic rings. The molecule has 8 heteroatoms. The standard InChI is InChI=1S/C28H21N3O5/c29-14-16-5-8-18(9-6-16)35-12-11-28-13-22(32)25(36-28)23-24(28)27(34)31(26(23)33)21-10-7-17(15-30)19-3-1-2-4-20(19)21/h1-10,22-25,32H,11-13H2/t22?,23-,24-,25+,28-/m1/s1. The summed E-state index contributed by atoms with van der Waals surface area (Å²) in [5.41, 5.74) is 0.413. The molecule has 3 aromatic carbocycles. The molecule has 1 N–H and O–H groups in total. The number of anilines is 1. The number of hydrogen-bond acceptors (Lipinski definition) is 7. The summed E-state index contributed by atoms with van der Waals surface area (Å²) in [4.78, 5) is 28.6. The van der Waals surface area contributed by atoms with Crippen molar-refractivity contribution in [3.63, 3.8) is 0 Å². The quantitative estimate of drug-likeness (QED) is 0.558. The zero-order valence-electron chi connectivity index (χ0n) is 19.1. The molecule has 3 saturated heterocycles. The lowest BCUT2D eigenvalue weighted by atomic mass is 9.70. The zero-order valence-corrected chi connectivity index (χ0v) is 19.1. The van der Waals surface area contributed by atoms with Crippen molar-refractivity contribution in [1.82, 2.24) is 0 Å². The molecule has 1 unspecified atom stereocenters. The number of fused-ring (bicyclic) bond motifs is 6. The number of carbonyl (C=O) groups excluding carboxylic acids is 2. The van der Waals surface area contributed by atoms with Crippen molar-refractivity contribution in [3.8, 4) is 17.9 Å². The molecule has 178 valence electrons. The predicted molar refractivity (Wildman–Crippen MR) is 128 cm³/mol. The van der Waals surface area contributed by atoms with Crippen LogP contribution in [0, 0.1) is 34.5 Å². The van der Waals surface area contributed by atoms with Crippen molar-refractivity contribution in [2.45, 2.75) is 30.7 Å². The van der Waals surface area contributed by atoms with Gasteiger partial charge in [0.05, 0.1) is 65.2 Å². The van der Waals surface area contributed by atoms with E-state index in [0.717, 1.165) is 0 Å². The Morgan fingerprint density at radius 1 is 1.00 bits per heavy atom. The highest BCUT2D eigenvalue weighted by Crippen LogP contribution is 2.57. The minimum atomic E-state index is -1.01. The number of hydrogen-bond donors (Lipinski definition) is 1. The second-order valence-electron chi connectivity index (χ2n) is 9.46. The molecule has 3 aliphatic heterocycles. The summed E-state index contributed by atoms with van der Waals surface area (Å²) in [6, 6.07) is 21.4. The van der Waals surface area contributed by atoms with Gasteiger partial charge in [-0.1, -0.05) is 24.3 Å². The van der Waals surface area contributed by atoms with Crippen LogP contribution in [0.1, 0.15) is 24.0 Å². The van der Waals surface area contributed by atoms with Crippen molar-refractivity contribution < 1.29 is 24.2 Å². The van der Waals surface area contributed by atoms with Crippen LogP contribution in [0.2, 0.25) is 0 Å². The van der Waals surface area contributed by atoms with Gasteiger partial charge in [0, 0.05) is 23.6 Å². The van der Waals surface area contributed by atoms with Crippen molar-refractivity contribution >= 4 is 28.3 Å². The van der Waals surface area contributed by atoms with E-state index in [-0.39, 0.29) is 18.9 Å². The first kappa shape index (κ1) is 22.2. The maximum atomic E-state index is 13.8. The van der Waals surface area contributed by atoms with E-state index in [1.54, 1.807) is 54.6 Å². The fourth-order valence-corrected chi connectivity index (χ4v) is 6.05. The first-order valence-electron chi connectivity index (χ1n) is 11.8. The van der Waals surface area contributed by atoms with Gasteiger partial charge in [-0.3, -0.25) is 9.59 Å². The first-order chi connectivity index (χ1) is 17.5. The number of nitriles is 2. The summed E-state index contributed by atoms with van der Waals surface area (Å²) < 4.78 is 12.0. The van der Waals surface area contributed by atoms with Crippen molar-refractivity contribution in [2.75, 3.05) is 11.5 Å². The summed E-state index contributed by atoms with van der Waals surface area (Å²) in [6.45, 7) is 0.218. The molecular formula is C28H21N3O5. The smallest absolute Gasteiger partial charge is 0.240 e. The maximum Gasteiger partial charge on any atom is 0.240 e. The van der Waals surface area contributed by atoms with E-state index in [1.165, 1.54) is 4.90 Å². The van der Waals surface area contributed by atoms with Crippen molar-refractivity contribution in [2.24, 2.45) is 11.8 Å². The Bertz CT molecular complexity index is 1490. The van der Waals surface area contributed by atoms with E-state index in [9.17, 15) is 20.0 Å². The molecule has 2 bridgehead atoms. The third-order valence-corrected chi connectivity index (χ3v) is 7.62. The minimum Gasteiger partial charge on any atom is -0.493 e. The Labute approximate surface area is 206 Å². The van der Waals surface area contributed by atoms with E-state index < -0.39 is 35.6 Å². The monoisotopic (exact) mass is 479 g/mol. The average Bonchev–Trinajstić information content (AvgIpc) is 3.50. The lowest BCUT2D eigenvalue weighted by molar-refractivity contribution is -0.128. The summed E-state index contributed by atoms with van der Waals surface area (Å²) in [5.74, 6) is -1.66. The Kier molecular flexibility index (Phi) is 5.04. The SMILES string of the molecule is N#Cc1ccc(OCC[C@]23CC(O)[C@H](O2)[C@@H]2C(=O)N(c4ccc(C#N)c5ccccc45)C(=O)[C@@H]23)cc1. The highest BCUT2D eigenvalue weighted by molar-refractivity contribution is 6.26. The molecule has 8 nitrogen and oxygen atoms in total. The van der Waals surface area contributed by atoms with Gasteiger partial charge in [0.15, 0.2) is 0 Å². The Morgan fingerprint density at radius 2 is 1.75 bits per heavy atom. The topological polar surface area (TPSA) is 124 Å². The van der Waals surface area contributed by atoms with E-state index in [1.807, 2.05) is 6.07 Å². The summed E-state index contributed by atoms with van der Waals surface area (Å²) in [6.07, 6.45) is -1.04. The number of nitrogens with zero attached hydrogens (tertiary/aromatic N) is 3. The maximum absolute atomic E-state index is 13.8. The largest absolute Gasteiger partial charge is 0.493 e. The van der Waals surface area contributed by atoms with Gasteiger partial charge in [0.25, 0.3) is 0 Å². The minimum absolute atomic E-state index is 0.218. The Hall–Kier alpha value is -4.24. The van der Waals surface area contributed by atoms with Crippen LogP contribution in [0.4, 0.5) is 5.69 Å². The van der Waals surface area contributed by atoms with Gasteiger partial charge < -0.3 is 14.6 Å². The molecule has 6 rings (SSSR count). The Balaban J connectivity index is 1.31. The van der Waals surface area contributed by atoms with E-state index in [4.69, 9.17) is 14.7 Å². The number of benzene rings is 3. The van der Waals surface area contributed by atoms with Crippen LogP contribution in [0.5, 0.6) is 5.75 Å². The van der Waals surface area contributed by atoms with Gasteiger partial charge in [0.2, 0.25) is 11.8 Å². The molecule has 3 heterocycles. The molecule has 0 spiro atoms. The van der Waals surface area contributed by atoms with E-state index in [0.29, 0.717) is 39.8 Å². The second-order valence-corrected chi connectivity index (χ2v) is 9.46. The molecule has 2 amide bonds. The van der Waals surface area contributed by atoms with Gasteiger partial charge in [0.1, 0.15) is 5.75 Å². The third-order valence-electron chi connectivity index (χ3n) is 7.62. The molecule has 36 heavy (non-hydrogen) atoms. The third kappa shape index (κ3) is 3.12. The highest BCUT2D eigenvalue weighted by atomic mass is 16.5.